The number of nitrogens with one attached hydrogen (secondary N) is 1. The number of hydrogen-bond donors (Lipinski definition) is 2. The molecule has 0 bridgehead atoms. The molecular formula is C19H22FNO2. The van der Waals surface area contributed by atoms with Gasteiger partial charge in [-0.3, -0.25) is 4.79 Å². The molecule has 0 fully saturated rings. The maximum Gasteiger partial charge on any atom is 0.222 e. The molecule has 0 aromatic heterocycles. The monoisotopic (exact) mass is 315 g/mol. The van der Waals surface area contributed by atoms with Crippen molar-refractivity contribution >= 4 is 5.91 Å². The van der Waals surface area contributed by atoms with Crippen LogP contribution in [0.15, 0.2) is 54.6 Å². The molecule has 1 amide bonds. The van der Waals surface area contributed by atoms with Crippen LogP contribution in [0, 0.1) is 5.82 Å². The number of aliphatic hydroxyl groups excluding tert-OH is 1. The maximum absolute atomic E-state index is 13.0. The standard InChI is InChI=1S/C19H22FNO2/c1-19(2,15-8-10-16(20)11-9-15)13-21-18(23)12-17(22)14-6-4-3-5-7-14/h3-11,17,22H,12-13H2,1-2H3,(H,21,23). The van der Waals surface area contributed by atoms with Crippen molar-refractivity contribution in [2.45, 2.75) is 31.8 Å². The Hall–Kier alpha value is -2.20. The molecule has 0 radical (unpaired) electrons. The minimum Gasteiger partial charge on any atom is -0.388 e. The lowest BCUT2D eigenvalue weighted by Gasteiger charge is -2.26. The molecule has 2 N–H and O–H groups in total. The van der Waals surface area contributed by atoms with Crippen LogP contribution in [0.25, 0.3) is 0 Å². The number of benzene rings is 2. The average Bonchev–Trinajstić information content (AvgIpc) is 2.54. The number of rotatable bonds is 6. The molecule has 2 aromatic carbocycles. The number of aliphatic hydroxyl groups is 1. The van der Waals surface area contributed by atoms with Gasteiger partial charge in [0.15, 0.2) is 0 Å². The van der Waals surface area contributed by atoms with Gasteiger partial charge < -0.3 is 10.4 Å². The van der Waals surface area contributed by atoms with Crippen molar-refractivity contribution < 1.29 is 14.3 Å². The van der Waals surface area contributed by atoms with Crippen LogP contribution in [0.4, 0.5) is 4.39 Å². The highest BCUT2D eigenvalue weighted by molar-refractivity contribution is 5.76. The third-order valence-electron chi connectivity index (χ3n) is 3.92. The summed E-state index contributed by atoms with van der Waals surface area (Å²) in [5, 5.41) is 12.9. The molecule has 0 aliphatic rings. The van der Waals surface area contributed by atoms with Crippen LogP contribution < -0.4 is 5.32 Å². The van der Waals surface area contributed by atoms with E-state index in [2.05, 4.69) is 5.32 Å². The van der Waals surface area contributed by atoms with Crippen molar-refractivity contribution in [1.29, 1.82) is 0 Å². The summed E-state index contributed by atoms with van der Waals surface area (Å²) in [6, 6.07) is 15.4. The van der Waals surface area contributed by atoms with Crippen LogP contribution in [0.2, 0.25) is 0 Å². The van der Waals surface area contributed by atoms with E-state index in [9.17, 15) is 14.3 Å². The van der Waals surface area contributed by atoms with Crippen molar-refractivity contribution in [2.24, 2.45) is 0 Å². The second-order valence-electron chi connectivity index (χ2n) is 6.30. The van der Waals surface area contributed by atoms with Crippen molar-refractivity contribution in [1.82, 2.24) is 5.32 Å². The summed E-state index contributed by atoms with van der Waals surface area (Å²) in [6.45, 7) is 4.38. The highest BCUT2D eigenvalue weighted by Gasteiger charge is 2.22. The fourth-order valence-electron chi connectivity index (χ4n) is 2.36. The van der Waals surface area contributed by atoms with Crippen molar-refractivity contribution in [2.75, 3.05) is 6.54 Å². The van der Waals surface area contributed by atoms with Gasteiger partial charge in [0.2, 0.25) is 5.91 Å². The highest BCUT2D eigenvalue weighted by Crippen LogP contribution is 2.23. The molecule has 0 saturated heterocycles. The van der Waals surface area contributed by atoms with Crippen molar-refractivity contribution in [3.63, 3.8) is 0 Å². The van der Waals surface area contributed by atoms with E-state index in [-0.39, 0.29) is 23.6 Å². The van der Waals surface area contributed by atoms with E-state index in [1.165, 1.54) is 12.1 Å². The Morgan fingerprint density at radius 1 is 1.13 bits per heavy atom. The molecule has 1 unspecified atom stereocenters. The quantitative estimate of drug-likeness (QED) is 0.859. The van der Waals surface area contributed by atoms with E-state index in [0.717, 1.165) is 11.1 Å². The molecular weight excluding hydrogens is 293 g/mol. The lowest BCUT2D eigenvalue weighted by molar-refractivity contribution is -0.123. The molecule has 4 heteroatoms. The van der Waals surface area contributed by atoms with E-state index >= 15 is 0 Å². The molecule has 2 aromatic rings. The summed E-state index contributed by atoms with van der Waals surface area (Å²) in [4.78, 5) is 12.0. The van der Waals surface area contributed by atoms with E-state index in [0.29, 0.717) is 6.54 Å². The van der Waals surface area contributed by atoms with Crippen LogP contribution in [0.5, 0.6) is 0 Å². The summed E-state index contributed by atoms with van der Waals surface area (Å²) in [5.74, 6) is -0.490. The first-order valence-electron chi connectivity index (χ1n) is 7.64. The van der Waals surface area contributed by atoms with Gasteiger partial charge in [0, 0.05) is 12.0 Å². The molecule has 1 atom stereocenters. The maximum atomic E-state index is 13.0. The van der Waals surface area contributed by atoms with Crippen LogP contribution in [-0.2, 0) is 10.2 Å². The predicted molar refractivity (Wildman–Crippen MR) is 88.5 cm³/mol. The Labute approximate surface area is 136 Å². The SMILES string of the molecule is CC(C)(CNC(=O)CC(O)c1ccccc1)c1ccc(F)cc1. The summed E-state index contributed by atoms with van der Waals surface area (Å²) in [7, 11) is 0. The fraction of sp³-hybridized carbons (Fsp3) is 0.316. The van der Waals surface area contributed by atoms with Gasteiger partial charge in [0.1, 0.15) is 5.82 Å². The Morgan fingerprint density at radius 2 is 1.74 bits per heavy atom. The van der Waals surface area contributed by atoms with Crippen LogP contribution in [-0.4, -0.2) is 17.6 Å². The van der Waals surface area contributed by atoms with Crippen LogP contribution >= 0.6 is 0 Å². The van der Waals surface area contributed by atoms with Gasteiger partial charge in [-0.25, -0.2) is 4.39 Å². The summed E-state index contributed by atoms with van der Waals surface area (Å²) in [5.41, 5.74) is 1.35. The van der Waals surface area contributed by atoms with Gasteiger partial charge in [0.05, 0.1) is 12.5 Å². The molecule has 0 spiro atoms. The minimum absolute atomic E-state index is 0.0174. The topological polar surface area (TPSA) is 49.3 Å². The Balaban J connectivity index is 1.89. The first kappa shape index (κ1) is 17.2. The zero-order chi connectivity index (χ0) is 16.9. The second-order valence-corrected chi connectivity index (χ2v) is 6.30. The van der Waals surface area contributed by atoms with Crippen molar-refractivity contribution in [3.8, 4) is 0 Å². The highest BCUT2D eigenvalue weighted by atomic mass is 19.1. The van der Waals surface area contributed by atoms with E-state index in [1.807, 2.05) is 32.0 Å². The number of halogens is 1. The first-order valence-corrected chi connectivity index (χ1v) is 7.64. The van der Waals surface area contributed by atoms with Crippen LogP contribution in [0.1, 0.15) is 37.5 Å². The molecule has 0 aliphatic heterocycles. The number of hydrogen-bond acceptors (Lipinski definition) is 2. The Kier molecular flexibility index (Phi) is 5.50. The van der Waals surface area contributed by atoms with Gasteiger partial charge in [-0.05, 0) is 23.3 Å². The average molecular weight is 315 g/mol. The summed E-state index contributed by atoms with van der Waals surface area (Å²) in [6.07, 6.45) is -0.797. The third kappa shape index (κ3) is 4.89. The van der Waals surface area contributed by atoms with Crippen molar-refractivity contribution in [3.05, 3.63) is 71.5 Å². The number of amides is 1. The van der Waals surface area contributed by atoms with Gasteiger partial charge in [-0.15, -0.1) is 0 Å². The third-order valence-corrected chi connectivity index (χ3v) is 3.92. The van der Waals surface area contributed by atoms with E-state index in [4.69, 9.17) is 0 Å². The lowest BCUT2D eigenvalue weighted by atomic mass is 9.84. The molecule has 2 rings (SSSR count). The van der Waals surface area contributed by atoms with Gasteiger partial charge in [-0.2, -0.15) is 0 Å². The number of carbonyl (C=O) groups is 1. The Bertz CT molecular complexity index is 638. The smallest absolute Gasteiger partial charge is 0.222 e. The molecule has 122 valence electrons. The largest absolute Gasteiger partial charge is 0.388 e. The molecule has 23 heavy (non-hydrogen) atoms. The van der Waals surface area contributed by atoms with Gasteiger partial charge in [0.25, 0.3) is 0 Å². The fourth-order valence-corrected chi connectivity index (χ4v) is 2.36. The summed E-state index contributed by atoms with van der Waals surface area (Å²) < 4.78 is 13.0. The lowest BCUT2D eigenvalue weighted by Crippen LogP contribution is -2.37. The van der Waals surface area contributed by atoms with Crippen LogP contribution in [0.3, 0.4) is 0 Å². The zero-order valence-electron chi connectivity index (χ0n) is 13.4. The first-order chi connectivity index (χ1) is 10.9. The van der Waals surface area contributed by atoms with Gasteiger partial charge >= 0.3 is 0 Å². The normalized spacial score (nSPS) is 12.7. The molecule has 3 nitrogen and oxygen atoms in total. The minimum atomic E-state index is -0.815. The second kappa shape index (κ2) is 7.38. The Morgan fingerprint density at radius 3 is 2.35 bits per heavy atom. The zero-order valence-corrected chi connectivity index (χ0v) is 13.4. The molecule has 0 saturated carbocycles. The van der Waals surface area contributed by atoms with E-state index < -0.39 is 6.10 Å². The van der Waals surface area contributed by atoms with E-state index in [1.54, 1.807) is 24.3 Å². The predicted octanol–water partition coefficient (Wildman–Crippen LogP) is 3.34. The summed E-state index contributed by atoms with van der Waals surface area (Å²) >= 11 is 0. The molecule has 0 heterocycles. The number of carbonyl (C=O) groups excluding carboxylic acids is 1. The molecule has 0 aliphatic carbocycles. The van der Waals surface area contributed by atoms with Gasteiger partial charge in [-0.1, -0.05) is 56.3 Å².